The van der Waals surface area contributed by atoms with Crippen LogP contribution in [-0.2, 0) is 9.59 Å². The van der Waals surface area contributed by atoms with Gasteiger partial charge in [-0.15, -0.1) is 0 Å². The van der Waals surface area contributed by atoms with E-state index in [1.165, 1.54) is 0 Å². The fourth-order valence-corrected chi connectivity index (χ4v) is 2.03. The number of carbonyl (C=O) groups is 2. The third-order valence-electron chi connectivity index (χ3n) is 3.17. The molecule has 0 aliphatic heterocycles. The zero-order chi connectivity index (χ0) is 15.7. The van der Waals surface area contributed by atoms with Gasteiger partial charge in [0, 0.05) is 19.0 Å². The highest BCUT2D eigenvalue weighted by molar-refractivity contribution is 5.93. The van der Waals surface area contributed by atoms with Crippen molar-refractivity contribution in [3.8, 4) is 0 Å². The first-order chi connectivity index (χ1) is 10.1. The number of aromatic nitrogens is 1. The Morgan fingerprint density at radius 1 is 1.29 bits per heavy atom. The maximum Gasteiger partial charge on any atom is 0.245 e. The van der Waals surface area contributed by atoms with Crippen molar-refractivity contribution in [1.29, 1.82) is 0 Å². The molecule has 1 aromatic rings. The van der Waals surface area contributed by atoms with Crippen molar-refractivity contribution in [3.05, 3.63) is 11.8 Å². The summed E-state index contributed by atoms with van der Waals surface area (Å²) in [7, 11) is 0. The molecule has 0 aliphatic rings. The molecule has 6 nitrogen and oxygen atoms in total. The highest BCUT2D eigenvalue weighted by Gasteiger charge is 2.16. The fraction of sp³-hybridized carbons (Fsp3) is 0.667. The number of aryl methyl sites for hydroxylation is 1. The Labute approximate surface area is 125 Å². The number of hydrogen-bond donors (Lipinski definition) is 1. The maximum absolute atomic E-state index is 12.0. The number of hydrogen-bond acceptors (Lipinski definition) is 4. The molecule has 0 saturated carbocycles. The molecule has 0 spiro atoms. The van der Waals surface area contributed by atoms with Gasteiger partial charge in [-0.05, 0) is 13.3 Å². The van der Waals surface area contributed by atoms with E-state index in [9.17, 15) is 9.59 Å². The minimum Gasteiger partial charge on any atom is -0.360 e. The van der Waals surface area contributed by atoms with Crippen molar-refractivity contribution < 1.29 is 14.1 Å². The van der Waals surface area contributed by atoms with E-state index in [0.717, 1.165) is 25.7 Å². The standard InChI is InChI=1S/C15H25N3O3/c1-4-6-7-8-9-18(15(20)5-2)11-14(19)16-13-10-12(3)21-17-13/h10H,4-9,11H2,1-3H3,(H,16,17,19). The molecule has 0 bridgehead atoms. The number of amides is 2. The molecule has 0 radical (unpaired) electrons. The lowest BCUT2D eigenvalue weighted by Crippen LogP contribution is -2.38. The first-order valence-electron chi connectivity index (χ1n) is 7.57. The molecule has 0 aliphatic carbocycles. The van der Waals surface area contributed by atoms with E-state index in [4.69, 9.17) is 4.52 Å². The van der Waals surface area contributed by atoms with Gasteiger partial charge in [0.2, 0.25) is 11.8 Å². The quantitative estimate of drug-likeness (QED) is 0.711. The van der Waals surface area contributed by atoms with Gasteiger partial charge in [-0.25, -0.2) is 0 Å². The Morgan fingerprint density at radius 3 is 2.62 bits per heavy atom. The van der Waals surface area contributed by atoms with Gasteiger partial charge in [0.1, 0.15) is 5.76 Å². The molecule has 1 aromatic heterocycles. The van der Waals surface area contributed by atoms with Crippen LogP contribution in [0.4, 0.5) is 5.82 Å². The maximum atomic E-state index is 12.0. The lowest BCUT2D eigenvalue weighted by atomic mass is 10.2. The SMILES string of the molecule is CCCCCCN(CC(=O)Nc1cc(C)on1)C(=O)CC. The normalized spacial score (nSPS) is 10.4. The Balaban J connectivity index is 2.46. The Bertz CT molecular complexity index is 457. The van der Waals surface area contributed by atoms with Crippen molar-refractivity contribution in [1.82, 2.24) is 10.1 Å². The highest BCUT2D eigenvalue weighted by atomic mass is 16.5. The Morgan fingerprint density at radius 2 is 2.05 bits per heavy atom. The number of nitrogens with zero attached hydrogens (tertiary/aromatic N) is 2. The molecule has 1 rings (SSSR count). The number of anilines is 1. The van der Waals surface area contributed by atoms with Crippen LogP contribution in [0.15, 0.2) is 10.6 Å². The molecule has 0 saturated heterocycles. The third-order valence-corrected chi connectivity index (χ3v) is 3.17. The Hall–Kier alpha value is -1.85. The topological polar surface area (TPSA) is 75.4 Å². The summed E-state index contributed by atoms with van der Waals surface area (Å²) in [5.41, 5.74) is 0. The average molecular weight is 295 g/mol. The molecule has 0 atom stereocenters. The molecule has 1 heterocycles. The van der Waals surface area contributed by atoms with Crippen molar-refractivity contribution in [2.75, 3.05) is 18.4 Å². The third kappa shape index (κ3) is 6.42. The van der Waals surface area contributed by atoms with Crippen LogP contribution in [0.1, 0.15) is 51.7 Å². The predicted octanol–water partition coefficient (Wildman–Crippen LogP) is 2.74. The van der Waals surface area contributed by atoms with E-state index in [0.29, 0.717) is 24.5 Å². The van der Waals surface area contributed by atoms with Gasteiger partial charge in [0.15, 0.2) is 5.82 Å². The molecule has 0 aromatic carbocycles. The van der Waals surface area contributed by atoms with Crippen molar-refractivity contribution in [2.45, 2.75) is 52.9 Å². The summed E-state index contributed by atoms with van der Waals surface area (Å²) in [4.78, 5) is 25.4. The van der Waals surface area contributed by atoms with Crippen LogP contribution in [0.25, 0.3) is 0 Å². The van der Waals surface area contributed by atoms with Gasteiger partial charge in [0.25, 0.3) is 0 Å². The van der Waals surface area contributed by atoms with E-state index in [1.807, 2.05) is 0 Å². The van der Waals surface area contributed by atoms with Crippen molar-refractivity contribution >= 4 is 17.6 Å². The largest absolute Gasteiger partial charge is 0.360 e. The van der Waals surface area contributed by atoms with E-state index in [1.54, 1.807) is 24.8 Å². The second kappa shape index (κ2) is 9.15. The average Bonchev–Trinajstić information content (AvgIpc) is 2.86. The molecule has 1 N–H and O–H groups in total. The molecule has 21 heavy (non-hydrogen) atoms. The zero-order valence-corrected chi connectivity index (χ0v) is 13.1. The number of unbranched alkanes of at least 4 members (excludes halogenated alkanes) is 3. The van der Waals surface area contributed by atoms with Crippen molar-refractivity contribution in [2.24, 2.45) is 0 Å². The van der Waals surface area contributed by atoms with E-state index in [-0.39, 0.29) is 18.4 Å². The molecule has 0 fully saturated rings. The van der Waals surface area contributed by atoms with Gasteiger partial charge in [0.05, 0.1) is 6.54 Å². The van der Waals surface area contributed by atoms with E-state index < -0.39 is 0 Å². The second-order valence-electron chi connectivity index (χ2n) is 5.10. The monoisotopic (exact) mass is 295 g/mol. The van der Waals surface area contributed by atoms with Gasteiger partial charge in [-0.1, -0.05) is 38.3 Å². The molecular weight excluding hydrogens is 270 g/mol. The summed E-state index contributed by atoms with van der Waals surface area (Å²) in [5.74, 6) is 0.761. The summed E-state index contributed by atoms with van der Waals surface area (Å²) in [6.45, 7) is 6.38. The molecular formula is C15H25N3O3. The second-order valence-corrected chi connectivity index (χ2v) is 5.10. The summed E-state index contributed by atoms with van der Waals surface area (Å²) in [5, 5.41) is 6.34. The molecule has 118 valence electrons. The van der Waals surface area contributed by atoms with Crippen LogP contribution in [0.2, 0.25) is 0 Å². The number of carbonyl (C=O) groups excluding carboxylic acids is 2. The lowest BCUT2D eigenvalue weighted by molar-refractivity contribution is -0.134. The molecule has 2 amide bonds. The van der Waals surface area contributed by atoms with Crippen LogP contribution in [-0.4, -0.2) is 35.0 Å². The van der Waals surface area contributed by atoms with Crippen LogP contribution < -0.4 is 5.32 Å². The molecule has 0 unspecified atom stereocenters. The van der Waals surface area contributed by atoms with Crippen LogP contribution >= 0.6 is 0 Å². The minimum absolute atomic E-state index is 0.00187. The predicted molar refractivity (Wildman–Crippen MR) is 80.9 cm³/mol. The van der Waals surface area contributed by atoms with Gasteiger partial charge < -0.3 is 14.7 Å². The highest BCUT2D eigenvalue weighted by Crippen LogP contribution is 2.08. The Kier molecular flexibility index (Phi) is 7.50. The van der Waals surface area contributed by atoms with Gasteiger partial charge in [-0.3, -0.25) is 9.59 Å². The number of rotatable bonds is 9. The van der Waals surface area contributed by atoms with Gasteiger partial charge in [-0.2, -0.15) is 0 Å². The molecule has 6 heteroatoms. The summed E-state index contributed by atoms with van der Waals surface area (Å²) >= 11 is 0. The minimum atomic E-state index is -0.249. The lowest BCUT2D eigenvalue weighted by Gasteiger charge is -2.21. The van der Waals surface area contributed by atoms with Crippen LogP contribution in [0.5, 0.6) is 0 Å². The first-order valence-corrected chi connectivity index (χ1v) is 7.57. The van der Waals surface area contributed by atoms with Crippen LogP contribution in [0, 0.1) is 6.92 Å². The zero-order valence-electron chi connectivity index (χ0n) is 13.1. The van der Waals surface area contributed by atoms with Crippen molar-refractivity contribution in [3.63, 3.8) is 0 Å². The summed E-state index contributed by atoms with van der Waals surface area (Å²) in [6, 6.07) is 1.64. The fourth-order valence-electron chi connectivity index (χ4n) is 2.03. The number of nitrogens with one attached hydrogen (secondary N) is 1. The summed E-state index contributed by atoms with van der Waals surface area (Å²) < 4.78 is 4.89. The first kappa shape index (κ1) is 17.2. The smallest absolute Gasteiger partial charge is 0.245 e. The van der Waals surface area contributed by atoms with Gasteiger partial charge >= 0.3 is 0 Å². The van der Waals surface area contributed by atoms with E-state index >= 15 is 0 Å². The summed E-state index contributed by atoms with van der Waals surface area (Å²) in [6.07, 6.45) is 4.71. The van der Waals surface area contributed by atoms with Crippen LogP contribution in [0.3, 0.4) is 0 Å². The van der Waals surface area contributed by atoms with E-state index in [2.05, 4.69) is 17.4 Å².